The number of thioether (sulfide) groups is 1. The fraction of sp³-hybridized carbons (Fsp3) is 0.375. The van der Waals surface area contributed by atoms with Crippen LogP contribution in [-0.4, -0.2) is 46.3 Å². The number of aromatic nitrogens is 2. The molecule has 1 saturated heterocycles. The molecule has 10 heteroatoms. The van der Waals surface area contributed by atoms with Crippen molar-refractivity contribution in [1.29, 1.82) is 0 Å². The van der Waals surface area contributed by atoms with E-state index >= 15 is 0 Å². The second-order valence-corrected chi connectivity index (χ2v) is 11.0. The van der Waals surface area contributed by atoms with Crippen molar-refractivity contribution >= 4 is 56.8 Å². The molecule has 1 N–H and O–H groups in total. The molecule has 1 aliphatic heterocycles. The van der Waals surface area contributed by atoms with E-state index in [1.165, 1.54) is 0 Å². The predicted molar refractivity (Wildman–Crippen MR) is 141 cm³/mol. The quantitative estimate of drug-likeness (QED) is 0.308. The van der Waals surface area contributed by atoms with Crippen LogP contribution in [0.2, 0.25) is 10.0 Å². The van der Waals surface area contributed by atoms with E-state index < -0.39 is 0 Å². The molecule has 3 aromatic rings. The molecule has 0 spiro atoms. The lowest BCUT2D eigenvalue weighted by atomic mass is 9.96. The SMILES string of the molecule is O=C(NCCSCc1c(Cl)cccc1Cl)C1CCN(Cc2nc(-c3cccc(Br)c3)no2)CC1. The minimum Gasteiger partial charge on any atom is -0.355 e. The zero-order valence-electron chi connectivity index (χ0n) is 18.5. The van der Waals surface area contributed by atoms with Gasteiger partial charge in [-0.3, -0.25) is 9.69 Å². The summed E-state index contributed by atoms with van der Waals surface area (Å²) in [5, 5.41) is 8.53. The highest BCUT2D eigenvalue weighted by molar-refractivity contribution is 9.10. The topological polar surface area (TPSA) is 71.3 Å². The Morgan fingerprint density at radius 1 is 1.18 bits per heavy atom. The van der Waals surface area contributed by atoms with Gasteiger partial charge in [-0.1, -0.05) is 62.5 Å². The third-order valence-corrected chi connectivity index (χ3v) is 7.91. The Balaban J connectivity index is 1.15. The van der Waals surface area contributed by atoms with Gasteiger partial charge in [0.1, 0.15) is 0 Å². The summed E-state index contributed by atoms with van der Waals surface area (Å²) in [6.45, 7) is 2.88. The van der Waals surface area contributed by atoms with Crippen molar-refractivity contribution in [2.75, 3.05) is 25.4 Å². The molecule has 0 aliphatic carbocycles. The number of hydrogen-bond acceptors (Lipinski definition) is 6. The van der Waals surface area contributed by atoms with Crippen molar-refractivity contribution in [3.05, 3.63) is 68.4 Å². The van der Waals surface area contributed by atoms with Gasteiger partial charge in [0, 0.05) is 44.0 Å². The van der Waals surface area contributed by atoms with Crippen LogP contribution < -0.4 is 5.32 Å². The highest BCUT2D eigenvalue weighted by Gasteiger charge is 2.25. The Labute approximate surface area is 221 Å². The smallest absolute Gasteiger partial charge is 0.241 e. The molecule has 1 aliphatic rings. The number of amides is 1. The van der Waals surface area contributed by atoms with Gasteiger partial charge >= 0.3 is 0 Å². The van der Waals surface area contributed by atoms with Crippen LogP contribution >= 0.6 is 50.9 Å². The maximum absolute atomic E-state index is 12.6. The molecule has 0 atom stereocenters. The summed E-state index contributed by atoms with van der Waals surface area (Å²) in [6.07, 6.45) is 1.64. The van der Waals surface area contributed by atoms with Gasteiger partial charge in [0.05, 0.1) is 6.54 Å². The van der Waals surface area contributed by atoms with Gasteiger partial charge in [0.25, 0.3) is 0 Å². The van der Waals surface area contributed by atoms with E-state index in [1.54, 1.807) is 11.8 Å². The Morgan fingerprint density at radius 2 is 1.91 bits per heavy atom. The molecule has 4 rings (SSSR count). The van der Waals surface area contributed by atoms with Crippen LogP contribution in [0.1, 0.15) is 24.3 Å². The largest absolute Gasteiger partial charge is 0.355 e. The molecule has 0 radical (unpaired) electrons. The number of piperidine rings is 1. The summed E-state index contributed by atoms with van der Waals surface area (Å²) in [4.78, 5) is 19.3. The summed E-state index contributed by atoms with van der Waals surface area (Å²) in [6, 6.07) is 13.3. The molecule has 1 aromatic heterocycles. The molecule has 0 unspecified atom stereocenters. The van der Waals surface area contributed by atoms with E-state index in [2.05, 4.69) is 36.3 Å². The van der Waals surface area contributed by atoms with Crippen molar-refractivity contribution < 1.29 is 9.32 Å². The molecule has 0 saturated carbocycles. The Hall–Kier alpha value is -1.58. The van der Waals surface area contributed by atoms with Crippen molar-refractivity contribution in [2.45, 2.75) is 25.1 Å². The summed E-state index contributed by atoms with van der Waals surface area (Å²) < 4.78 is 6.41. The lowest BCUT2D eigenvalue weighted by Gasteiger charge is -2.30. The number of rotatable bonds is 9. The van der Waals surface area contributed by atoms with Crippen LogP contribution in [0.5, 0.6) is 0 Å². The van der Waals surface area contributed by atoms with Crippen LogP contribution in [0, 0.1) is 5.92 Å². The highest BCUT2D eigenvalue weighted by atomic mass is 79.9. The molecule has 1 fully saturated rings. The molecule has 34 heavy (non-hydrogen) atoms. The number of hydrogen-bond donors (Lipinski definition) is 1. The maximum Gasteiger partial charge on any atom is 0.241 e. The second-order valence-electron chi connectivity index (χ2n) is 8.12. The third-order valence-electron chi connectivity index (χ3n) is 5.72. The lowest BCUT2D eigenvalue weighted by molar-refractivity contribution is -0.126. The highest BCUT2D eigenvalue weighted by Crippen LogP contribution is 2.28. The van der Waals surface area contributed by atoms with Crippen molar-refractivity contribution in [3.63, 3.8) is 0 Å². The number of carbonyl (C=O) groups is 1. The van der Waals surface area contributed by atoms with E-state index in [4.69, 9.17) is 27.7 Å². The van der Waals surface area contributed by atoms with Gasteiger partial charge in [0.2, 0.25) is 17.6 Å². The molecule has 180 valence electrons. The second kappa shape index (κ2) is 12.4. The molecule has 0 bridgehead atoms. The third kappa shape index (κ3) is 6.98. The van der Waals surface area contributed by atoms with E-state index in [0.717, 1.165) is 53.0 Å². The monoisotopic (exact) mass is 582 g/mol. The molecular weight excluding hydrogens is 559 g/mol. The molecule has 2 aromatic carbocycles. The number of benzene rings is 2. The number of halogens is 3. The van der Waals surface area contributed by atoms with Gasteiger partial charge in [-0.2, -0.15) is 16.7 Å². The summed E-state index contributed by atoms with van der Waals surface area (Å²) in [5.74, 6) is 2.88. The number of carbonyl (C=O) groups excluding carboxylic acids is 1. The van der Waals surface area contributed by atoms with E-state index in [-0.39, 0.29) is 11.8 Å². The number of nitrogens with one attached hydrogen (secondary N) is 1. The first-order valence-electron chi connectivity index (χ1n) is 11.1. The van der Waals surface area contributed by atoms with Crippen LogP contribution in [-0.2, 0) is 17.1 Å². The van der Waals surface area contributed by atoms with Gasteiger partial charge in [0.15, 0.2) is 0 Å². The molecular formula is C24H25BrCl2N4O2S. The molecule has 2 heterocycles. The van der Waals surface area contributed by atoms with E-state index in [0.29, 0.717) is 34.8 Å². The van der Waals surface area contributed by atoms with Crippen LogP contribution in [0.4, 0.5) is 0 Å². The first kappa shape index (κ1) is 25.5. The van der Waals surface area contributed by atoms with E-state index in [9.17, 15) is 4.79 Å². The average Bonchev–Trinajstić information content (AvgIpc) is 3.29. The minimum atomic E-state index is 0.0409. The van der Waals surface area contributed by atoms with Crippen LogP contribution in [0.25, 0.3) is 11.4 Å². The van der Waals surface area contributed by atoms with Gasteiger partial charge in [-0.05, 0) is 55.8 Å². The number of likely N-dealkylation sites (tertiary alicyclic amines) is 1. The summed E-state index contributed by atoms with van der Waals surface area (Å²) in [7, 11) is 0. The Kier molecular flexibility index (Phi) is 9.31. The van der Waals surface area contributed by atoms with E-state index in [1.807, 2.05) is 42.5 Å². The average molecular weight is 584 g/mol. The zero-order valence-corrected chi connectivity index (χ0v) is 22.4. The Morgan fingerprint density at radius 3 is 2.65 bits per heavy atom. The zero-order chi connectivity index (χ0) is 23.9. The standard InChI is InChI=1S/C24H25BrCl2N4O2S/c25-18-4-1-3-17(13-18)23-29-22(33-30-23)14-31-10-7-16(8-11-31)24(32)28-9-12-34-15-19-20(26)5-2-6-21(19)27/h1-6,13,16H,7-12,14-15H2,(H,28,32). The number of nitrogens with zero attached hydrogens (tertiary/aromatic N) is 3. The van der Waals surface area contributed by atoms with Crippen molar-refractivity contribution in [3.8, 4) is 11.4 Å². The summed E-state index contributed by atoms with van der Waals surface area (Å²) >= 11 is 17.6. The van der Waals surface area contributed by atoms with Crippen LogP contribution in [0.15, 0.2) is 51.5 Å². The lowest BCUT2D eigenvalue weighted by Crippen LogP contribution is -2.40. The van der Waals surface area contributed by atoms with Crippen LogP contribution in [0.3, 0.4) is 0 Å². The van der Waals surface area contributed by atoms with Crippen molar-refractivity contribution in [2.24, 2.45) is 5.92 Å². The molecule has 1 amide bonds. The fourth-order valence-corrected chi connectivity index (χ4v) is 5.84. The fourth-order valence-electron chi connectivity index (χ4n) is 3.84. The maximum atomic E-state index is 12.6. The van der Waals surface area contributed by atoms with Gasteiger partial charge < -0.3 is 9.84 Å². The first-order valence-corrected chi connectivity index (χ1v) is 13.8. The minimum absolute atomic E-state index is 0.0409. The van der Waals surface area contributed by atoms with Gasteiger partial charge in [-0.15, -0.1) is 0 Å². The predicted octanol–water partition coefficient (Wildman–Crippen LogP) is 6.07. The first-order chi connectivity index (χ1) is 16.5. The van der Waals surface area contributed by atoms with Gasteiger partial charge in [-0.25, -0.2) is 0 Å². The van der Waals surface area contributed by atoms with Crippen molar-refractivity contribution in [1.82, 2.24) is 20.4 Å². The summed E-state index contributed by atoms with van der Waals surface area (Å²) in [5.41, 5.74) is 1.85. The Bertz CT molecular complexity index is 1100. The molecule has 6 nitrogen and oxygen atoms in total. The normalized spacial score (nSPS) is 14.9.